The second-order valence-electron chi connectivity index (χ2n) is 3.12. The van der Waals surface area contributed by atoms with Crippen molar-refractivity contribution in [2.75, 3.05) is 19.6 Å². The zero-order valence-corrected chi connectivity index (χ0v) is 8.81. The molecule has 0 fully saturated rings. The lowest BCUT2D eigenvalue weighted by Crippen LogP contribution is -2.27. The van der Waals surface area contributed by atoms with E-state index in [-0.39, 0.29) is 0 Å². The first kappa shape index (κ1) is 10.9. The molecule has 0 aliphatic heterocycles. The van der Waals surface area contributed by atoms with E-state index in [2.05, 4.69) is 23.7 Å². The lowest BCUT2D eigenvalue weighted by molar-refractivity contribution is 0.111. The monoisotopic (exact) mass is 195 g/mol. The van der Waals surface area contributed by atoms with Gasteiger partial charge in [0.25, 0.3) is 0 Å². The topological polar surface area (TPSA) is 38.1 Å². The molecular formula is C10H17N3O. The van der Waals surface area contributed by atoms with Crippen LogP contribution in [0.5, 0.6) is 0 Å². The van der Waals surface area contributed by atoms with Crippen LogP contribution in [0.4, 0.5) is 0 Å². The number of hydrogen-bond donors (Lipinski definition) is 0. The van der Waals surface area contributed by atoms with Gasteiger partial charge in [0, 0.05) is 25.5 Å². The van der Waals surface area contributed by atoms with Gasteiger partial charge in [-0.15, -0.1) is 0 Å². The number of aldehydes is 1. The Kier molecular flexibility index (Phi) is 4.32. The molecule has 0 saturated carbocycles. The molecule has 14 heavy (non-hydrogen) atoms. The van der Waals surface area contributed by atoms with Crippen LogP contribution in [0.2, 0.25) is 0 Å². The minimum absolute atomic E-state index is 0.511. The first-order valence-corrected chi connectivity index (χ1v) is 5.00. The van der Waals surface area contributed by atoms with Crippen LogP contribution in [-0.2, 0) is 6.54 Å². The molecule has 0 aromatic carbocycles. The highest BCUT2D eigenvalue weighted by Gasteiger charge is 2.02. The van der Waals surface area contributed by atoms with Crippen LogP contribution >= 0.6 is 0 Å². The zero-order valence-electron chi connectivity index (χ0n) is 8.81. The Hall–Kier alpha value is -1.16. The summed E-state index contributed by atoms with van der Waals surface area (Å²) in [6.45, 7) is 8.15. The third-order valence-electron chi connectivity index (χ3n) is 2.40. The minimum atomic E-state index is 0.511. The highest BCUT2D eigenvalue weighted by molar-refractivity contribution is 5.69. The molecule has 0 aliphatic rings. The summed E-state index contributed by atoms with van der Waals surface area (Å²) in [6.07, 6.45) is 4.29. The normalized spacial score (nSPS) is 10.8. The molecule has 0 amide bonds. The van der Waals surface area contributed by atoms with Gasteiger partial charge in [-0.3, -0.25) is 4.79 Å². The van der Waals surface area contributed by atoms with Gasteiger partial charge >= 0.3 is 0 Å². The van der Waals surface area contributed by atoms with Crippen molar-refractivity contribution < 1.29 is 4.79 Å². The average molecular weight is 195 g/mol. The fourth-order valence-corrected chi connectivity index (χ4v) is 1.42. The predicted molar refractivity (Wildman–Crippen MR) is 55.4 cm³/mol. The molecule has 0 unspecified atom stereocenters. The molecule has 0 saturated heterocycles. The third-order valence-corrected chi connectivity index (χ3v) is 2.40. The van der Waals surface area contributed by atoms with Gasteiger partial charge in [-0.05, 0) is 13.1 Å². The molecule has 0 atom stereocenters. The van der Waals surface area contributed by atoms with E-state index in [9.17, 15) is 4.79 Å². The summed E-state index contributed by atoms with van der Waals surface area (Å²) < 4.78 is 1.88. The molecule has 0 spiro atoms. The molecular weight excluding hydrogens is 178 g/mol. The molecule has 4 nitrogen and oxygen atoms in total. The summed E-state index contributed by atoms with van der Waals surface area (Å²) in [5.41, 5.74) is 0. The summed E-state index contributed by atoms with van der Waals surface area (Å²) in [5, 5.41) is 0. The summed E-state index contributed by atoms with van der Waals surface area (Å²) in [5.74, 6) is 0.511. The number of nitrogens with zero attached hydrogens (tertiary/aromatic N) is 3. The number of carbonyl (C=O) groups excluding carboxylic acids is 1. The minimum Gasteiger partial charge on any atom is -0.327 e. The summed E-state index contributed by atoms with van der Waals surface area (Å²) in [7, 11) is 0. The first-order valence-electron chi connectivity index (χ1n) is 5.00. The smallest absolute Gasteiger partial charge is 0.185 e. The van der Waals surface area contributed by atoms with Gasteiger partial charge in [0.1, 0.15) is 0 Å². The first-order chi connectivity index (χ1) is 6.81. The SMILES string of the molecule is CCN(CC)CCn1ccnc1C=O. The van der Waals surface area contributed by atoms with Crippen molar-refractivity contribution in [3.8, 4) is 0 Å². The molecule has 1 heterocycles. The molecule has 0 radical (unpaired) electrons. The Morgan fingerprint density at radius 2 is 2.21 bits per heavy atom. The number of rotatable bonds is 6. The largest absolute Gasteiger partial charge is 0.327 e. The number of likely N-dealkylation sites (N-methyl/N-ethyl adjacent to an activating group) is 1. The highest BCUT2D eigenvalue weighted by Crippen LogP contribution is 1.96. The van der Waals surface area contributed by atoms with Crippen LogP contribution in [-0.4, -0.2) is 40.4 Å². The fraction of sp³-hybridized carbons (Fsp3) is 0.600. The van der Waals surface area contributed by atoms with E-state index in [1.807, 2.05) is 10.8 Å². The van der Waals surface area contributed by atoms with E-state index < -0.39 is 0 Å². The van der Waals surface area contributed by atoms with Gasteiger partial charge in [0.2, 0.25) is 0 Å². The van der Waals surface area contributed by atoms with Crippen LogP contribution in [0.1, 0.15) is 24.5 Å². The van der Waals surface area contributed by atoms with Crippen LogP contribution < -0.4 is 0 Å². The Balaban J connectivity index is 2.48. The van der Waals surface area contributed by atoms with Gasteiger partial charge < -0.3 is 9.47 Å². The number of imidazole rings is 1. The number of carbonyl (C=O) groups is 1. The summed E-state index contributed by atoms with van der Waals surface area (Å²) >= 11 is 0. The van der Waals surface area contributed by atoms with E-state index in [1.54, 1.807) is 6.20 Å². The highest BCUT2D eigenvalue weighted by atomic mass is 16.1. The Morgan fingerprint density at radius 3 is 2.79 bits per heavy atom. The van der Waals surface area contributed by atoms with Gasteiger partial charge in [-0.1, -0.05) is 13.8 Å². The van der Waals surface area contributed by atoms with Gasteiger partial charge in [0.05, 0.1) is 0 Å². The van der Waals surface area contributed by atoms with Gasteiger partial charge in [0.15, 0.2) is 12.1 Å². The second-order valence-corrected chi connectivity index (χ2v) is 3.12. The maximum atomic E-state index is 10.6. The van der Waals surface area contributed by atoms with Crippen LogP contribution in [0.25, 0.3) is 0 Å². The Bertz CT molecular complexity index is 279. The van der Waals surface area contributed by atoms with Crippen molar-refractivity contribution in [1.29, 1.82) is 0 Å². The molecule has 1 aromatic rings. The molecule has 1 rings (SSSR count). The number of hydrogen-bond acceptors (Lipinski definition) is 3. The zero-order chi connectivity index (χ0) is 10.4. The number of aromatic nitrogens is 2. The maximum absolute atomic E-state index is 10.6. The van der Waals surface area contributed by atoms with Crippen molar-refractivity contribution in [2.24, 2.45) is 0 Å². The lowest BCUT2D eigenvalue weighted by atomic mass is 10.4. The van der Waals surface area contributed by atoms with Gasteiger partial charge in [-0.2, -0.15) is 0 Å². The van der Waals surface area contributed by atoms with E-state index >= 15 is 0 Å². The summed E-state index contributed by atoms with van der Waals surface area (Å²) in [6, 6.07) is 0. The van der Waals surface area contributed by atoms with Gasteiger partial charge in [-0.25, -0.2) is 4.98 Å². The van der Waals surface area contributed by atoms with Crippen molar-refractivity contribution in [3.05, 3.63) is 18.2 Å². The quantitative estimate of drug-likeness (QED) is 0.636. The standard InChI is InChI=1S/C10H17N3O/c1-3-12(4-2)7-8-13-6-5-11-10(13)9-14/h5-6,9H,3-4,7-8H2,1-2H3. The molecule has 78 valence electrons. The maximum Gasteiger partial charge on any atom is 0.185 e. The lowest BCUT2D eigenvalue weighted by Gasteiger charge is -2.18. The molecule has 0 aliphatic carbocycles. The van der Waals surface area contributed by atoms with E-state index in [0.29, 0.717) is 5.82 Å². The van der Waals surface area contributed by atoms with Crippen molar-refractivity contribution in [3.63, 3.8) is 0 Å². The molecule has 1 aromatic heterocycles. The molecule has 0 N–H and O–H groups in total. The van der Waals surface area contributed by atoms with Crippen molar-refractivity contribution in [2.45, 2.75) is 20.4 Å². The van der Waals surface area contributed by atoms with E-state index in [4.69, 9.17) is 0 Å². The van der Waals surface area contributed by atoms with E-state index in [0.717, 1.165) is 32.5 Å². The van der Waals surface area contributed by atoms with Crippen molar-refractivity contribution in [1.82, 2.24) is 14.5 Å². The average Bonchev–Trinajstić information content (AvgIpc) is 2.67. The van der Waals surface area contributed by atoms with Crippen molar-refractivity contribution >= 4 is 6.29 Å². The van der Waals surface area contributed by atoms with Crippen LogP contribution in [0.3, 0.4) is 0 Å². The fourth-order valence-electron chi connectivity index (χ4n) is 1.42. The van der Waals surface area contributed by atoms with E-state index in [1.165, 1.54) is 0 Å². The molecule has 4 heteroatoms. The summed E-state index contributed by atoms with van der Waals surface area (Å²) in [4.78, 5) is 16.8. The molecule has 0 bridgehead atoms. The third kappa shape index (κ3) is 2.67. The second kappa shape index (κ2) is 5.54. The Labute approximate surface area is 84.5 Å². The van der Waals surface area contributed by atoms with Crippen LogP contribution in [0, 0.1) is 0 Å². The van der Waals surface area contributed by atoms with Crippen LogP contribution in [0.15, 0.2) is 12.4 Å². The predicted octanol–water partition coefficient (Wildman–Crippen LogP) is 1.04. The Morgan fingerprint density at radius 1 is 1.50 bits per heavy atom.